The number of nitrogens with zero attached hydrogens (tertiary/aromatic N) is 1. The number of benzene rings is 2. The van der Waals surface area contributed by atoms with Gasteiger partial charge in [-0.05, 0) is 61.1 Å². The molecule has 2 aromatic rings. The van der Waals surface area contributed by atoms with E-state index in [4.69, 9.17) is 31.2 Å². The summed E-state index contributed by atoms with van der Waals surface area (Å²) < 4.78 is 21.0. The van der Waals surface area contributed by atoms with Crippen molar-refractivity contribution in [1.29, 1.82) is 0 Å². The molecule has 30 heavy (non-hydrogen) atoms. The minimum absolute atomic E-state index is 0.444. The molecular weight excluding hydrogens is 404 g/mol. The summed E-state index contributed by atoms with van der Waals surface area (Å²) in [6.07, 6.45) is 0. The van der Waals surface area contributed by atoms with Gasteiger partial charge < -0.3 is 24.3 Å². The molecule has 1 aliphatic rings. The number of thiocarbonyl (C=S) groups is 1. The Labute approximate surface area is 181 Å². The molecule has 1 heterocycles. The fourth-order valence-corrected chi connectivity index (χ4v) is 3.80. The van der Waals surface area contributed by atoms with E-state index in [0.29, 0.717) is 27.9 Å². The quantitative estimate of drug-likeness (QED) is 0.553. The number of nitrogens with one attached hydrogen (secondary N) is 1. The van der Waals surface area contributed by atoms with E-state index in [2.05, 4.69) is 5.32 Å². The predicted molar refractivity (Wildman–Crippen MR) is 118 cm³/mol. The third kappa shape index (κ3) is 3.91. The summed E-state index contributed by atoms with van der Waals surface area (Å²) >= 11 is 5.65. The summed E-state index contributed by atoms with van der Waals surface area (Å²) in [6.45, 7) is 1.84. The van der Waals surface area contributed by atoms with Crippen molar-refractivity contribution < 1.29 is 23.7 Å². The minimum atomic E-state index is -0.501. The molecule has 7 nitrogen and oxygen atoms in total. The smallest absolute Gasteiger partial charge is 0.337 e. The van der Waals surface area contributed by atoms with Crippen LogP contribution in [0.15, 0.2) is 53.7 Å². The fourth-order valence-electron chi connectivity index (χ4n) is 3.44. The van der Waals surface area contributed by atoms with Crippen molar-refractivity contribution in [3.05, 3.63) is 59.3 Å². The SMILES string of the molecule is COC(=O)C1=C(C)N(c2ccc(OC)cc2)C(=S)NC1c1ccc(OC)c(OC)c1. The van der Waals surface area contributed by atoms with Crippen LogP contribution in [0.25, 0.3) is 0 Å². The monoisotopic (exact) mass is 428 g/mol. The summed E-state index contributed by atoms with van der Waals surface area (Å²) in [5.41, 5.74) is 2.73. The second kappa shape index (κ2) is 9.04. The predicted octanol–water partition coefficient (Wildman–Crippen LogP) is 3.60. The Bertz CT molecular complexity index is 988. The number of rotatable bonds is 6. The summed E-state index contributed by atoms with van der Waals surface area (Å²) in [7, 11) is 6.10. The van der Waals surface area contributed by atoms with Gasteiger partial charge in [0.25, 0.3) is 0 Å². The molecule has 0 aromatic heterocycles. The van der Waals surface area contributed by atoms with E-state index in [9.17, 15) is 4.79 Å². The summed E-state index contributed by atoms with van der Waals surface area (Å²) in [5.74, 6) is 1.44. The molecule has 0 radical (unpaired) electrons. The van der Waals surface area contributed by atoms with Gasteiger partial charge in [0.2, 0.25) is 0 Å². The zero-order valence-electron chi connectivity index (χ0n) is 17.5. The number of hydrogen-bond acceptors (Lipinski definition) is 6. The lowest BCUT2D eigenvalue weighted by molar-refractivity contribution is -0.136. The normalized spacial score (nSPS) is 16.1. The average molecular weight is 429 g/mol. The van der Waals surface area contributed by atoms with Crippen LogP contribution >= 0.6 is 12.2 Å². The van der Waals surface area contributed by atoms with Crippen LogP contribution in [-0.2, 0) is 9.53 Å². The maximum Gasteiger partial charge on any atom is 0.337 e. The molecule has 0 bridgehead atoms. The Balaban J connectivity index is 2.11. The van der Waals surface area contributed by atoms with E-state index in [-0.39, 0.29) is 0 Å². The largest absolute Gasteiger partial charge is 0.497 e. The first-order valence-corrected chi connectivity index (χ1v) is 9.61. The first-order chi connectivity index (χ1) is 14.4. The summed E-state index contributed by atoms with van der Waals surface area (Å²) in [4.78, 5) is 14.6. The molecule has 0 aliphatic carbocycles. The van der Waals surface area contributed by atoms with Gasteiger partial charge in [-0.1, -0.05) is 6.07 Å². The van der Waals surface area contributed by atoms with Crippen molar-refractivity contribution in [1.82, 2.24) is 5.32 Å². The van der Waals surface area contributed by atoms with Crippen LogP contribution in [-0.4, -0.2) is 39.5 Å². The molecule has 1 aliphatic heterocycles. The number of carbonyl (C=O) groups excluding carboxylic acids is 1. The van der Waals surface area contributed by atoms with Crippen molar-refractivity contribution in [2.24, 2.45) is 0 Å². The maximum atomic E-state index is 12.8. The average Bonchev–Trinajstić information content (AvgIpc) is 2.78. The van der Waals surface area contributed by atoms with E-state index in [1.807, 2.05) is 43.3 Å². The topological polar surface area (TPSA) is 69.3 Å². The Morgan fingerprint density at radius 1 is 0.967 bits per heavy atom. The highest BCUT2D eigenvalue weighted by atomic mass is 32.1. The Hall–Kier alpha value is -3.26. The molecule has 0 saturated carbocycles. The van der Waals surface area contributed by atoms with Gasteiger partial charge in [0.05, 0.1) is 40.1 Å². The lowest BCUT2D eigenvalue weighted by Crippen LogP contribution is -2.48. The molecule has 0 saturated heterocycles. The zero-order valence-corrected chi connectivity index (χ0v) is 18.3. The Morgan fingerprint density at radius 3 is 2.20 bits per heavy atom. The highest BCUT2D eigenvalue weighted by Gasteiger charge is 2.35. The van der Waals surface area contributed by atoms with Crippen molar-refractivity contribution >= 4 is 29.0 Å². The van der Waals surface area contributed by atoms with Gasteiger partial charge >= 0.3 is 5.97 Å². The van der Waals surface area contributed by atoms with E-state index >= 15 is 0 Å². The van der Waals surface area contributed by atoms with Crippen LogP contribution in [0.1, 0.15) is 18.5 Å². The second-order valence-electron chi connectivity index (χ2n) is 6.52. The lowest BCUT2D eigenvalue weighted by atomic mass is 9.94. The van der Waals surface area contributed by atoms with Gasteiger partial charge in [-0.15, -0.1) is 0 Å². The standard InChI is InChI=1S/C22H24N2O5S/c1-13-19(21(25)29-5)20(14-6-11-17(27-3)18(12-14)28-4)23-22(30)24(13)15-7-9-16(26-2)10-8-15/h6-12,20H,1-5H3,(H,23,30). The number of methoxy groups -OCH3 is 4. The van der Waals surface area contributed by atoms with Crippen LogP contribution in [0.3, 0.4) is 0 Å². The van der Waals surface area contributed by atoms with Crippen molar-refractivity contribution in [3.8, 4) is 17.2 Å². The van der Waals surface area contributed by atoms with Crippen LogP contribution in [0.2, 0.25) is 0 Å². The highest BCUT2D eigenvalue weighted by Crippen LogP contribution is 2.37. The third-order valence-corrected chi connectivity index (χ3v) is 5.26. The van der Waals surface area contributed by atoms with Gasteiger partial charge in [0.1, 0.15) is 5.75 Å². The summed E-state index contributed by atoms with van der Waals surface area (Å²) in [5, 5.41) is 3.73. The molecule has 1 N–H and O–H groups in total. The first-order valence-electron chi connectivity index (χ1n) is 9.20. The molecule has 0 spiro atoms. The minimum Gasteiger partial charge on any atom is -0.497 e. The number of carbonyl (C=O) groups is 1. The maximum absolute atomic E-state index is 12.8. The van der Waals surface area contributed by atoms with Gasteiger partial charge in [0.15, 0.2) is 16.6 Å². The highest BCUT2D eigenvalue weighted by molar-refractivity contribution is 7.80. The van der Waals surface area contributed by atoms with Gasteiger partial charge in [0, 0.05) is 11.4 Å². The number of anilines is 1. The van der Waals surface area contributed by atoms with Crippen molar-refractivity contribution in [2.75, 3.05) is 33.3 Å². The Morgan fingerprint density at radius 2 is 1.63 bits per heavy atom. The van der Waals surface area contributed by atoms with Crippen molar-refractivity contribution in [2.45, 2.75) is 13.0 Å². The number of ether oxygens (including phenoxy) is 4. The summed E-state index contributed by atoms with van der Waals surface area (Å²) in [6, 6.07) is 12.4. The molecule has 2 aromatic carbocycles. The molecule has 8 heteroatoms. The second-order valence-corrected chi connectivity index (χ2v) is 6.91. The van der Waals surface area contributed by atoms with Gasteiger partial charge in [-0.25, -0.2) is 4.79 Å². The van der Waals surface area contributed by atoms with Crippen LogP contribution < -0.4 is 24.4 Å². The Kier molecular flexibility index (Phi) is 6.47. The molecule has 0 amide bonds. The third-order valence-electron chi connectivity index (χ3n) is 4.96. The number of esters is 1. The van der Waals surface area contributed by atoms with Gasteiger partial charge in [-0.2, -0.15) is 0 Å². The molecular formula is C22H24N2O5S. The molecule has 158 valence electrons. The van der Waals surface area contributed by atoms with Crippen LogP contribution in [0.5, 0.6) is 17.2 Å². The molecule has 1 unspecified atom stereocenters. The fraction of sp³-hybridized carbons (Fsp3) is 0.273. The van der Waals surface area contributed by atoms with Gasteiger partial charge in [-0.3, -0.25) is 4.90 Å². The lowest BCUT2D eigenvalue weighted by Gasteiger charge is -2.37. The number of hydrogen-bond donors (Lipinski definition) is 1. The first kappa shape index (κ1) is 21.4. The van der Waals surface area contributed by atoms with Crippen molar-refractivity contribution in [3.63, 3.8) is 0 Å². The van der Waals surface area contributed by atoms with E-state index in [1.165, 1.54) is 7.11 Å². The molecule has 3 rings (SSSR count). The molecule has 1 atom stereocenters. The number of allylic oxidation sites excluding steroid dienone is 1. The zero-order chi connectivity index (χ0) is 21.8. The van der Waals surface area contributed by atoms with E-state index in [0.717, 1.165) is 17.0 Å². The van der Waals surface area contributed by atoms with E-state index < -0.39 is 12.0 Å². The van der Waals surface area contributed by atoms with Crippen LogP contribution in [0, 0.1) is 0 Å². The molecule has 0 fully saturated rings. The van der Waals surface area contributed by atoms with Crippen LogP contribution in [0.4, 0.5) is 5.69 Å². The van der Waals surface area contributed by atoms with E-state index in [1.54, 1.807) is 32.3 Å².